The number of alkyl halides is 3. The van der Waals surface area contributed by atoms with Gasteiger partial charge in [0.05, 0.1) is 5.56 Å². The third kappa shape index (κ3) is 4.85. The average molecular weight is 362 g/mol. The minimum atomic E-state index is -4.40. The number of carbonyl (C=O) groups excluding carboxylic acids is 1. The van der Waals surface area contributed by atoms with Crippen molar-refractivity contribution in [1.82, 2.24) is 10.2 Å². The van der Waals surface area contributed by atoms with Gasteiger partial charge in [-0.2, -0.15) is 13.2 Å². The predicted octanol–water partition coefficient (Wildman–Crippen LogP) is 4.23. The SMILES string of the molecule is O=C(NCc1ccc(CN2CCCC2)cc1)c1ccc(C(F)(F)F)cc1. The van der Waals surface area contributed by atoms with E-state index in [9.17, 15) is 18.0 Å². The predicted molar refractivity (Wildman–Crippen MR) is 93.6 cm³/mol. The Labute approximate surface area is 150 Å². The topological polar surface area (TPSA) is 32.3 Å². The zero-order valence-corrected chi connectivity index (χ0v) is 14.4. The normalized spacial score (nSPS) is 15.2. The summed E-state index contributed by atoms with van der Waals surface area (Å²) >= 11 is 0. The maximum absolute atomic E-state index is 12.5. The van der Waals surface area contributed by atoms with Crippen LogP contribution in [-0.4, -0.2) is 23.9 Å². The van der Waals surface area contributed by atoms with Gasteiger partial charge in [0.15, 0.2) is 0 Å². The Balaban J connectivity index is 1.52. The Hall–Kier alpha value is -2.34. The van der Waals surface area contributed by atoms with Crippen molar-refractivity contribution in [3.05, 3.63) is 70.8 Å². The van der Waals surface area contributed by atoms with Crippen molar-refractivity contribution in [2.24, 2.45) is 0 Å². The van der Waals surface area contributed by atoms with Crippen LogP contribution in [0.3, 0.4) is 0 Å². The van der Waals surface area contributed by atoms with Gasteiger partial charge in [0.25, 0.3) is 5.91 Å². The van der Waals surface area contributed by atoms with Gasteiger partial charge < -0.3 is 5.32 Å². The van der Waals surface area contributed by atoms with Crippen molar-refractivity contribution in [2.75, 3.05) is 13.1 Å². The van der Waals surface area contributed by atoms with E-state index in [4.69, 9.17) is 0 Å². The molecule has 26 heavy (non-hydrogen) atoms. The molecule has 1 fully saturated rings. The molecule has 2 aromatic rings. The summed E-state index contributed by atoms with van der Waals surface area (Å²) in [5.74, 6) is -0.389. The number of nitrogens with one attached hydrogen (secondary N) is 1. The number of nitrogens with zero attached hydrogens (tertiary/aromatic N) is 1. The van der Waals surface area contributed by atoms with Crippen molar-refractivity contribution in [3.8, 4) is 0 Å². The van der Waals surface area contributed by atoms with E-state index < -0.39 is 11.7 Å². The van der Waals surface area contributed by atoms with Gasteiger partial charge in [-0.1, -0.05) is 24.3 Å². The number of amides is 1. The van der Waals surface area contributed by atoms with Gasteiger partial charge in [-0.25, -0.2) is 0 Å². The van der Waals surface area contributed by atoms with Crippen LogP contribution >= 0.6 is 0 Å². The molecule has 0 aromatic heterocycles. The van der Waals surface area contributed by atoms with Crippen LogP contribution in [0.5, 0.6) is 0 Å². The molecule has 0 radical (unpaired) electrons. The highest BCUT2D eigenvalue weighted by molar-refractivity contribution is 5.94. The Morgan fingerprint density at radius 2 is 1.50 bits per heavy atom. The lowest BCUT2D eigenvalue weighted by atomic mass is 10.1. The van der Waals surface area contributed by atoms with Crippen LogP contribution in [0, 0.1) is 0 Å². The first-order valence-electron chi connectivity index (χ1n) is 8.67. The van der Waals surface area contributed by atoms with Gasteiger partial charge in [-0.05, 0) is 61.3 Å². The summed E-state index contributed by atoms with van der Waals surface area (Å²) in [7, 11) is 0. The molecular weight excluding hydrogens is 341 g/mol. The molecule has 1 heterocycles. The maximum Gasteiger partial charge on any atom is 0.416 e. The van der Waals surface area contributed by atoms with E-state index >= 15 is 0 Å². The Kier molecular flexibility index (Phi) is 5.61. The number of hydrogen-bond acceptors (Lipinski definition) is 2. The maximum atomic E-state index is 12.5. The van der Waals surface area contributed by atoms with Gasteiger partial charge >= 0.3 is 6.18 Å². The molecule has 3 nitrogen and oxygen atoms in total. The fourth-order valence-corrected chi connectivity index (χ4v) is 3.06. The molecule has 0 atom stereocenters. The van der Waals surface area contributed by atoms with Crippen molar-refractivity contribution in [3.63, 3.8) is 0 Å². The lowest BCUT2D eigenvalue weighted by molar-refractivity contribution is -0.137. The standard InChI is InChI=1S/C20H21F3N2O/c21-20(22,23)18-9-7-17(8-10-18)19(26)24-13-15-3-5-16(6-4-15)14-25-11-1-2-12-25/h3-10H,1-2,11-14H2,(H,24,26). The number of rotatable bonds is 5. The molecule has 1 amide bonds. The second kappa shape index (κ2) is 7.91. The number of benzene rings is 2. The van der Waals surface area contributed by atoms with Gasteiger partial charge in [-0.3, -0.25) is 9.69 Å². The second-order valence-electron chi connectivity index (χ2n) is 6.56. The number of halogens is 3. The molecule has 0 aliphatic carbocycles. The van der Waals surface area contributed by atoms with E-state index in [0.717, 1.165) is 37.3 Å². The molecule has 1 aliphatic rings. The van der Waals surface area contributed by atoms with E-state index in [2.05, 4.69) is 22.3 Å². The van der Waals surface area contributed by atoms with Crippen molar-refractivity contribution in [2.45, 2.75) is 32.1 Å². The summed E-state index contributed by atoms with van der Waals surface area (Å²) in [6.07, 6.45) is -1.88. The van der Waals surface area contributed by atoms with Crippen LogP contribution in [-0.2, 0) is 19.3 Å². The Morgan fingerprint density at radius 1 is 0.923 bits per heavy atom. The van der Waals surface area contributed by atoms with Gasteiger partial charge in [0.2, 0.25) is 0 Å². The third-order valence-corrected chi connectivity index (χ3v) is 4.56. The van der Waals surface area contributed by atoms with Gasteiger partial charge in [0.1, 0.15) is 0 Å². The molecular formula is C20H21F3N2O. The van der Waals surface area contributed by atoms with Crippen LogP contribution in [0.2, 0.25) is 0 Å². The number of likely N-dealkylation sites (tertiary alicyclic amines) is 1. The van der Waals surface area contributed by atoms with E-state index in [0.29, 0.717) is 6.54 Å². The highest BCUT2D eigenvalue weighted by Crippen LogP contribution is 2.29. The summed E-state index contributed by atoms with van der Waals surface area (Å²) in [6.45, 7) is 3.57. The summed E-state index contributed by atoms with van der Waals surface area (Å²) in [6, 6.07) is 12.3. The molecule has 1 saturated heterocycles. The molecule has 0 bridgehead atoms. The van der Waals surface area contributed by atoms with E-state index in [1.807, 2.05) is 12.1 Å². The molecule has 3 rings (SSSR count). The van der Waals surface area contributed by atoms with Gasteiger partial charge in [-0.15, -0.1) is 0 Å². The Bertz CT molecular complexity index is 733. The smallest absolute Gasteiger partial charge is 0.348 e. The summed E-state index contributed by atoms with van der Waals surface area (Å²) < 4.78 is 37.6. The lowest BCUT2D eigenvalue weighted by Gasteiger charge is -2.14. The molecule has 0 unspecified atom stereocenters. The second-order valence-corrected chi connectivity index (χ2v) is 6.56. The fraction of sp³-hybridized carbons (Fsp3) is 0.350. The highest BCUT2D eigenvalue weighted by Gasteiger charge is 2.30. The largest absolute Gasteiger partial charge is 0.416 e. The molecule has 2 aromatic carbocycles. The third-order valence-electron chi connectivity index (χ3n) is 4.56. The molecule has 1 aliphatic heterocycles. The van der Waals surface area contributed by atoms with E-state index in [1.165, 1.54) is 30.5 Å². The quantitative estimate of drug-likeness (QED) is 0.863. The zero-order valence-electron chi connectivity index (χ0n) is 14.4. The molecule has 6 heteroatoms. The Morgan fingerprint density at radius 3 is 2.08 bits per heavy atom. The first kappa shape index (κ1) is 18.5. The van der Waals surface area contributed by atoms with Crippen molar-refractivity contribution >= 4 is 5.91 Å². The van der Waals surface area contributed by atoms with Crippen molar-refractivity contribution in [1.29, 1.82) is 0 Å². The fourth-order valence-electron chi connectivity index (χ4n) is 3.06. The molecule has 1 N–H and O–H groups in total. The molecule has 0 saturated carbocycles. The first-order valence-corrected chi connectivity index (χ1v) is 8.67. The van der Waals surface area contributed by atoms with Crippen LogP contribution in [0.4, 0.5) is 13.2 Å². The highest BCUT2D eigenvalue weighted by atomic mass is 19.4. The van der Waals surface area contributed by atoms with Crippen LogP contribution in [0.25, 0.3) is 0 Å². The summed E-state index contributed by atoms with van der Waals surface area (Å²) in [5.41, 5.74) is 1.64. The minimum absolute atomic E-state index is 0.212. The van der Waals surface area contributed by atoms with Crippen LogP contribution in [0.1, 0.15) is 39.9 Å². The molecule has 0 spiro atoms. The van der Waals surface area contributed by atoms with E-state index in [1.54, 1.807) is 0 Å². The number of hydrogen-bond donors (Lipinski definition) is 1. The van der Waals surface area contributed by atoms with Gasteiger partial charge in [0, 0.05) is 18.7 Å². The van der Waals surface area contributed by atoms with Crippen LogP contribution < -0.4 is 5.32 Å². The first-order chi connectivity index (χ1) is 12.4. The average Bonchev–Trinajstić information content (AvgIpc) is 3.13. The van der Waals surface area contributed by atoms with E-state index in [-0.39, 0.29) is 11.5 Å². The number of carbonyl (C=O) groups is 1. The summed E-state index contributed by atoms with van der Waals surface area (Å²) in [5, 5.41) is 2.74. The molecule has 138 valence electrons. The zero-order chi connectivity index (χ0) is 18.6. The van der Waals surface area contributed by atoms with Crippen LogP contribution in [0.15, 0.2) is 48.5 Å². The monoisotopic (exact) mass is 362 g/mol. The van der Waals surface area contributed by atoms with Crippen molar-refractivity contribution < 1.29 is 18.0 Å². The summed E-state index contributed by atoms with van der Waals surface area (Å²) in [4.78, 5) is 14.5. The lowest BCUT2D eigenvalue weighted by Crippen LogP contribution is -2.23. The minimum Gasteiger partial charge on any atom is -0.348 e.